The van der Waals surface area contributed by atoms with Crippen molar-refractivity contribution in [1.82, 2.24) is 0 Å². The Hall–Kier alpha value is -2.69. The van der Waals surface area contributed by atoms with Crippen LogP contribution in [0.4, 0.5) is 0 Å². The first-order valence-corrected chi connectivity index (χ1v) is 21.9. The van der Waals surface area contributed by atoms with E-state index in [-0.39, 0.29) is 21.7 Å². The van der Waals surface area contributed by atoms with Gasteiger partial charge in [0.2, 0.25) is 0 Å². The van der Waals surface area contributed by atoms with Crippen molar-refractivity contribution in [2.24, 2.45) is 21.7 Å². The topological polar surface area (TPSA) is 0 Å². The molecule has 4 heterocycles. The third-order valence-corrected chi connectivity index (χ3v) is 15.6. The van der Waals surface area contributed by atoms with Crippen molar-refractivity contribution in [3.8, 4) is 0 Å². The Labute approximate surface area is 321 Å². The van der Waals surface area contributed by atoms with E-state index in [1.807, 2.05) is 0 Å². The van der Waals surface area contributed by atoms with Crippen molar-refractivity contribution in [2.75, 3.05) is 0 Å². The number of hydrogen-bond acceptors (Lipinski definition) is 0. The number of aryl methyl sites for hydroxylation is 7. The van der Waals surface area contributed by atoms with E-state index in [9.17, 15) is 0 Å². The molecule has 0 fully saturated rings. The minimum Gasteiger partial charge on any atom is -0.0663 e. The van der Waals surface area contributed by atoms with Crippen LogP contribution in [0.3, 0.4) is 0 Å². The summed E-state index contributed by atoms with van der Waals surface area (Å²) in [5.74, 6) is 0.916. The average Bonchev–Trinajstić information content (AvgIpc) is 3.02. The lowest BCUT2D eigenvalue weighted by molar-refractivity contribution is 0.0305. The summed E-state index contributed by atoms with van der Waals surface area (Å²) in [4.78, 5) is 0. The summed E-state index contributed by atoms with van der Waals surface area (Å²) in [5.41, 5.74) is 16.8. The van der Waals surface area contributed by atoms with Gasteiger partial charge in [0, 0.05) is 0 Å². The zero-order valence-corrected chi connectivity index (χ0v) is 36.7. The van der Waals surface area contributed by atoms with Crippen molar-refractivity contribution >= 4 is 13.2 Å². The predicted octanol–water partition coefficient (Wildman–Crippen LogP) is 14.6. The van der Waals surface area contributed by atoms with Gasteiger partial charge < -0.3 is 0 Å². The van der Waals surface area contributed by atoms with Gasteiger partial charge in [-0.05, 0) is 161 Å². The second-order valence-corrected chi connectivity index (χ2v) is 22.6. The maximum Gasteiger partial charge on any atom is -0.00244 e. The molecule has 0 spiro atoms. The molecule has 4 aromatic rings. The third kappa shape index (κ3) is 9.15. The molecule has 4 aliphatic heterocycles. The summed E-state index contributed by atoms with van der Waals surface area (Å²) in [6.45, 7) is 36.5. The molecule has 0 N–H and O–H groups in total. The second-order valence-electron chi connectivity index (χ2n) is 20.3. The predicted molar refractivity (Wildman–Crippen MR) is 232 cm³/mol. The van der Waals surface area contributed by atoms with Gasteiger partial charge in [-0.25, -0.2) is 0 Å². The summed E-state index contributed by atoms with van der Waals surface area (Å²) in [7, 11) is -0.474. The fraction of sp³-hybridized carbons (Fsp3) is 0.529. The van der Waals surface area contributed by atoms with Crippen LogP contribution in [0.25, 0.3) is 0 Å². The molecule has 3 unspecified atom stereocenters. The Morgan fingerprint density at radius 1 is 0.654 bits per heavy atom. The first-order valence-electron chi connectivity index (χ1n) is 20.2. The average molecular weight is 715 g/mol. The van der Waals surface area contributed by atoms with E-state index in [4.69, 9.17) is 0 Å². The molecule has 0 aromatic heterocycles. The van der Waals surface area contributed by atoms with Gasteiger partial charge in [0.25, 0.3) is 0 Å². The largest absolute Gasteiger partial charge is 0.0663 e. The molecule has 0 nitrogen and oxygen atoms in total. The van der Waals surface area contributed by atoms with Gasteiger partial charge in [-0.1, -0.05) is 161 Å². The highest BCUT2D eigenvalue weighted by atomic mass is 31.1. The molecule has 0 saturated carbocycles. The summed E-state index contributed by atoms with van der Waals surface area (Å²) in [5, 5.41) is 1.54. The lowest BCUT2D eigenvalue weighted by Gasteiger charge is -2.51. The molecule has 1 heteroatoms. The fourth-order valence-electron chi connectivity index (χ4n) is 9.30. The quantitative estimate of drug-likeness (QED) is 0.185. The van der Waals surface area contributed by atoms with Gasteiger partial charge in [-0.15, -0.1) is 0 Å². The van der Waals surface area contributed by atoms with Crippen LogP contribution in [-0.2, 0) is 25.2 Å². The van der Waals surface area contributed by atoms with E-state index >= 15 is 0 Å². The second kappa shape index (κ2) is 15.2. The molecule has 4 aliphatic rings. The molecular weight excluding hydrogens is 644 g/mol. The van der Waals surface area contributed by atoms with Gasteiger partial charge in [0.1, 0.15) is 0 Å². The Kier molecular flexibility index (Phi) is 11.8. The number of hydrogen-bond donors (Lipinski definition) is 0. The zero-order chi connectivity index (χ0) is 38.4. The lowest BCUT2D eigenvalue weighted by Crippen LogP contribution is -2.41. The number of rotatable bonds is 3. The Morgan fingerprint density at radius 3 is 1.75 bits per heavy atom. The van der Waals surface area contributed by atoms with Crippen LogP contribution in [0.2, 0.25) is 0 Å². The Balaban J connectivity index is 1.70. The van der Waals surface area contributed by atoms with Crippen LogP contribution in [-0.4, -0.2) is 0 Å². The first-order chi connectivity index (χ1) is 24.1. The highest BCUT2D eigenvalue weighted by Crippen LogP contribution is 2.58. The van der Waals surface area contributed by atoms with Crippen molar-refractivity contribution in [3.05, 3.63) is 134 Å². The first kappa shape index (κ1) is 40.5. The third-order valence-electron chi connectivity index (χ3n) is 13.2. The van der Waals surface area contributed by atoms with Crippen molar-refractivity contribution < 1.29 is 0 Å². The van der Waals surface area contributed by atoms with E-state index in [0.717, 1.165) is 31.6 Å². The zero-order valence-electron chi connectivity index (χ0n) is 35.8. The van der Waals surface area contributed by atoms with E-state index in [1.165, 1.54) is 56.2 Å². The smallest absolute Gasteiger partial charge is 0.00244 e. The standard InChI is InChI=1S/C51H71P/c1-34-26-36(3)44(37(4)27-34)32-52-33-45-38(5)28-35(2)29-42(45)21-18-39-16-19-41(20-17-39)47(30-48(6,7)8)51(14,15)50(12,13)31-46(49(9,10)11)40-22-24-43(52)25-23-40/h16-17,19-20,22-29,46-47H,18,21,30-33H2,1-15H3. The highest BCUT2D eigenvalue weighted by Gasteiger charge is 2.47. The fourth-order valence-corrected chi connectivity index (χ4v) is 12.1. The monoisotopic (exact) mass is 715 g/mol. The van der Waals surface area contributed by atoms with Gasteiger partial charge in [0.15, 0.2) is 0 Å². The van der Waals surface area contributed by atoms with Crippen LogP contribution in [0.5, 0.6) is 0 Å². The van der Waals surface area contributed by atoms with E-state index in [0.29, 0.717) is 11.8 Å². The van der Waals surface area contributed by atoms with E-state index < -0.39 is 7.92 Å². The van der Waals surface area contributed by atoms with E-state index in [2.05, 4.69) is 177 Å². The molecule has 0 aliphatic carbocycles. The summed E-state index contributed by atoms with van der Waals surface area (Å²) < 4.78 is 0. The minimum atomic E-state index is -0.474. The molecule has 8 rings (SSSR count). The molecule has 4 aromatic carbocycles. The van der Waals surface area contributed by atoms with Crippen LogP contribution < -0.4 is 5.30 Å². The molecule has 4 bridgehead atoms. The summed E-state index contributed by atoms with van der Waals surface area (Å²) in [6.07, 6.45) is 6.74. The van der Waals surface area contributed by atoms with Crippen LogP contribution in [0, 0.1) is 56.3 Å². The van der Waals surface area contributed by atoms with Gasteiger partial charge in [0.05, 0.1) is 0 Å². The molecule has 3 atom stereocenters. The SMILES string of the molecule is Cc1cc(C)c(CP2Cc3c(C)cc(C)cc3CCc3ccc(cc3)C(CC(C)(C)C)C(C)(C)C(C)(C)CC(C(C)(C)C)c3ccc2cc3)c(C)c1. The number of benzene rings is 4. The van der Waals surface area contributed by atoms with Crippen molar-refractivity contribution in [1.29, 1.82) is 0 Å². The van der Waals surface area contributed by atoms with Crippen molar-refractivity contribution in [2.45, 2.75) is 154 Å². The molecule has 0 saturated heterocycles. The Morgan fingerprint density at radius 2 is 1.19 bits per heavy atom. The Bertz CT molecular complexity index is 1810. The molecule has 280 valence electrons. The maximum absolute atomic E-state index is 2.58. The van der Waals surface area contributed by atoms with Crippen molar-refractivity contribution in [3.63, 3.8) is 0 Å². The molecule has 0 amide bonds. The highest BCUT2D eigenvalue weighted by molar-refractivity contribution is 7.64. The summed E-state index contributed by atoms with van der Waals surface area (Å²) >= 11 is 0. The maximum atomic E-state index is 2.58. The van der Waals surface area contributed by atoms with Crippen LogP contribution >= 0.6 is 7.92 Å². The van der Waals surface area contributed by atoms with Gasteiger partial charge in [-0.3, -0.25) is 0 Å². The molecular formula is C51H71P. The lowest BCUT2D eigenvalue weighted by atomic mass is 9.53. The van der Waals surface area contributed by atoms with Crippen LogP contribution in [0.15, 0.2) is 72.8 Å². The minimum absolute atomic E-state index is 0.0836. The molecule has 52 heavy (non-hydrogen) atoms. The van der Waals surface area contributed by atoms with E-state index in [1.54, 1.807) is 16.7 Å². The molecule has 0 radical (unpaired) electrons. The summed E-state index contributed by atoms with van der Waals surface area (Å²) in [6, 6.07) is 29.7. The van der Waals surface area contributed by atoms with Crippen LogP contribution in [0.1, 0.15) is 155 Å². The van der Waals surface area contributed by atoms with Gasteiger partial charge in [-0.2, -0.15) is 0 Å². The normalized spacial score (nSPS) is 20.9. The van der Waals surface area contributed by atoms with Gasteiger partial charge >= 0.3 is 0 Å².